The molecule has 0 radical (unpaired) electrons. The van der Waals surface area contributed by atoms with E-state index in [4.69, 9.17) is 0 Å². The number of rotatable bonds is 7. The Morgan fingerprint density at radius 3 is 2.60 bits per heavy atom. The molecule has 7 heteroatoms. The minimum atomic E-state index is -0.0499. The number of aromatic nitrogens is 3. The Morgan fingerprint density at radius 1 is 1.28 bits per heavy atom. The maximum Gasteiger partial charge on any atom is 0.234 e. The molecular formula is C18H25BrN4OS. The van der Waals surface area contributed by atoms with Crippen molar-refractivity contribution < 1.29 is 4.79 Å². The van der Waals surface area contributed by atoms with Gasteiger partial charge in [0, 0.05) is 17.4 Å². The summed E-state index contributed by atoms with van der Waals surface area (Å²) in [5.74, 6) is 1.72. The lowest BCUT2D eigenvalue weighted by Crippen LogP contribution is -2.16. The molecule has 0 atom stereocenters. The van der Waals surface area contributed by atoms with E-state index >= 15 is 0 Å². The summed E-state index contributed by atoms with van der Waals surface area (Å²) in [6.07, 6.45) is 0.835. The van der Waals surface area contributed by atoms with Crippen molar-refractivity contribution in [2.24, 2.45) is 5.92 Å². The summed E-state index contributed by atoms with van der Waals surface area (Å²) >= 11 is 4.94. The Bertz CT molecular complexity index is 758. The van der Waals surface area contributed by atoms with Crippen LogP contribution in [0.4, 0.5) is 5.69 Å². The van der Waals surface area contributed by atoms with Gasteiger partial charge in [0.05, 0.1) is 11.4 Å². The van der Waals surface area contributed by atoms with E-state index in [1.165, 1.54) is 17.3 Å². The van der Waals surface area contributed by atoms with Crippen molar-refractivity contribution in [3.8, 4) is 0 Å². The first kappa shape index (κ1) is 20.0. The highest BCUT2D eigenvalue weighted by Gasteiger charge is 2.15. The topological polar surface area (TPSA) is 59.8 Å². The van der Waals surface area contributed by atoms with E-state index in [0.717, 1.165) is 39.7 Å². The SMILES string of the molecule is CCc1nnc(SCC(=O)Nc2cc(C)c(C)cc2Br)n1CC(C)C. The Balaban J connectivity index is 2.03. The quantitative estimate of drug-likeness (QED) is 0.659. The van der Waals surface area contributed by atoms with E-state index < -0.39 is 0 Å². The van der Waals surface area contributed by atoms with Crippen molar-refractivity contribution in [3.05, 3.63) is 33.6 Å². The molecule has 1 N–H and O–H groups in total. The molecule has 0 saturated heterocycles. The maximum atomic E-state index is 12.3. The lowest BCUT2D eigenvalue weighted by atomic mass is 10.1. The van der Waals surface area contributed by atoms with Gasteiger partial charge in [-0.3, -0.25) is 4.79 Å². The van der Waals surface area contributed by atoms with Gasteiger partial charge in [0.2, 0.25) is 5.91 Å². The standard InChI is InChI=1S/C18H25BrN4OS/c1-6-16-21-22-18(23(16)9-11(2)3)25-10-17(24)20-15-8-13(5)12(4)7-14(15)19/h7-8,11H,6,9-10H2,1-5H3,(H,20,24). The van der Waals surface area contributed by atoms with Gasteiger partial charge < -0.3 is 9.88 Å². The van der Waals surface area contributed by atoms with Gasteiger partial charge in [-0.1, -0.05) is 32.5 Å². The van der Waals surface area contributed by atoms with Gasteiger partial charge in [0.1, 0.15) is 5.82 Å². The minimum Gasteiger partial charge on any atom is -0.324 e. The molecule has 1 heterocycles. The van der Waals surface area contributed by atoms with Crippen LogP contribution in [0.3, 0.4) is 0 Å². The second-order valence-corrected chi connectivity index (χ2v) is 8.31. The number of benzene rings is 1. The zero-order valence-electron chi connectivity index (χ0n) is 15.4. The number of hydrogen-bond acceptors (Lipinski definition) is 4. The number of carbonyl (C=O) groups is 1. The zero-order valence-corrected chi connectivity index (χ0v) is 17.8. The third-order valence-electron chi connectivity index (χ3n) is 3.85. The largest absolute Gasteiger partial charge is 0.324 e. The van der Waals surface area contributed by atoms with Gasteiger partial charge in [-0.15, -0.1) is 10.2 Å². The molecule has 0 aliphatic rings. The predicted octanol–water partition coefficient (Wildman–Crippen LogP) is 4.61. The van der Waals surface area contributed by atoms with Gasteiger partial charge >= 0.3 is 0 Å². The third-order valence-corrected chi connectivity index (χ3v) is 5.47. The summed E-state index contributed by atoms with van der Waals surface area (Å²) in [4.78, 5) is 12.3. The van der Waals surface area contributed by atoms with Crippen LogP contribution in [0, 0.1) is 19.8 Å². The number of carbonyl (C=O) groups excluding carboxylic acids is 1. The first-order chi connectivity index (χ1) is 11.8. The number of halogens is 1. The second kappa shape index (κ2) is 8.85. The van der Waals surface area contributed by atoms with Gasteiger partial charge in [-0.25, -0.2) is 0 Å². The molecule has 0 spiro atoms. The lowest BCUT2D eigenvalue weighted by Gasteiger charge is -2.12. The van der Waals surface area contributed by atoms with Crippen molar-refractivity contribution in [2.45, 2.75) is 52.7 Å². The molecule has 0 unspecified atom stereocenters. The van der Waals surface area contributed by atoms with Crippen LogP contribution >= 0.6 is 27.7 Å². The molecule has 0 fully saturated rings. The molecule has 1 aromatic heterocycles. The lowest BCUT2D eigenvalue weighted by molar-refractivity contribution is -0.113. The monoisotopic (exact) mass is 424 g/mol. The van der Waals surface area contributed by atoms with Crippen LogP contribution in [0.2, 0.25) is 0 Å². The number of nitrogens with one attached hydrogen (secondary N) is 1. The molecular weight excluding hydrogens is 400 g/mol. The Labute approximate surface area is 162 Å². The first-order valence-electron chi connectivity index (χ1n) is 8.43. The molecule has 5 nitrogen and oxygen atoms in total. The Morgan fingerprint density at radius 2 is 1.96 bits per heavy atom. The molecule has 1 aromatic carbocycles. The van der Waals surface area contributed by atoms with Crippen LogP contribution in [0.25, 0.3) is 0 Å². The third kappa shape index (κ3) is 5.31. The second-order valence-electron chi connectivity index (χ2n) is 6.51. The molecule has 25 heavy (non-hydrogen) atoms. The molecule has 136 valence electrons. The van der Waals surface area contributed by atoms with Gasteiger partial charge in [0.25, 0.3) is 0 Å². The van der Waals surface area contributed by atoms with E-state index in [9.17, 15) is 4.79 Å². The fourth-order valence-corrected chi connectivity index (χ4v) is 3.75. The van der Waals surface area contributed by atoms with Crippen LogP contribution in [-0.4, -0.2) is 26.4 Å². The van der Waals surface area contributed by atoms with E-state index in [0.29, 0.717) is 11.7 Å². The number of anilines is 1. The minimum absolute atomic E-state index is 0.0499. The van der Waals surface area contributed by atoms with E-state index in [1.807, 2.05) is 19.1 Å². The Hall–Kier alpha value is -1.34. The smallest absolute Gasteiger partial charge is 0.234 e. The van der Waals surface area contributed by atoms with Crippen LogP contribution in [0.1, 0.15) is 37.7 Å². The summed E-state index contributed by atoms with van der Waals surface area (Å²) in [6.45, 7) is 11.3. The van der Waals surface area contributed by atoms with E-state index in [2.05, 4.69) is 63.7 Å². The molecule has 0 aliphatic heterocycles. The van der Waals surface area contributed by atoms with Gasteiger partial charge in [0.15, 0.2) is 5.16 Å². The van der Waals surface area contributed by atoms with E-state index in [-0.39, 0.29) is 5.91 Å². The zero-order chi connectivity index (χ0) is 18.6. The number of thioether (sulfide) groups is 1. The highest BCUT2D eigenvalue weighted by atomic mass is 79.9. The molecule has 0 bridgehead atoms. The molecule has 2 aromatic rings. The van der Waals surface area contributed by atoms with E-state index in [1.54, 1.807) is 0 Å². The normalized spacial score (nSPS) is 11.2. The fraction of sp³-hybridized carbons (Fsp3) is 0.500. The van der Waals surface area contributed by atoms with Gasteiger partial charge in [-0.05, 0) is 59.0 Å². The fourth-order valence-electron chi connectivity index (χ4n) is 2.43. The van der Waals surface area contributed by atoms with Gasteiger partial charge in [-0.2, -0.15) is 0 Å². The maximum absolute atomic E-state index is 12.3. The van der Waals surface area contributed by atoms with Crippen LogP contribution < -0.4 is 5.32 Å². The molecule has 0 aliphatic carbocycles. The number of amides is 1. The highest BCUT2D eigenvalue weighted by molar-refractivity contribution is 9.10. The van der Waals surface area contributed by atoms with Crippen LogP contribution in [0.5, 0.6) is 0 Å². The first-order valence-corrected chi connectivity index (χ1v) is 10.2. The highest BCUT2D eigenvalue weighted by Crippen LogP contribution is 2.27. The number of aryl methyl sites for hydroxylation is 3. The summed E-state index contributed by atoms with van der Waals surface area (Å²) in [6, 6.07) is 4.00. The number of hydrogen-bond donors (Lipinski definition) is 1. The van der Waals surface area contributed by atoms with Crippen molar-refractivity contribution in [3.63, 3.8) is 0 Å². The predicted molar refractivity (Wildman–Crippen MR) is 107 cm³/mol. The van der Waals surface area contributed by atoms with Crippen LogP contribution in [-0.2, 0) is 17.8 Å². The number of nitrogens with zero attached hydrogens (tertiary/aromatic N) is 3. The average Bonchev–Trinajstić information content (AvgIpc) is 2.91. The Kier molecular flexibility index (Phi) is 7.07. The summed E-state index contributed by atoms with van der Waals surface area (Å²) in [5.41, 5.74) is 3.13. The summed E-state index contributed by atoms with van der Waals surface area (Å²) < 4.78 is 3.01. The molecule has 0 saturated carbocycles. The van der Waals surface area contributed by atoms with Crippen LogP contribution in [0.15, 0.2) is 21.8 Å². The van der Waals surface area contributed by atoms with Crippen molar-refractivity contribution in [1.29, 1.82) is 0 Å². The van der Waals surface area contributed by atoms with Crippen molar-refractivity contribution in [2.75, 3.05) is 11.1 Å². The average molecular weight is 425 g/mol. The molecule has 2 rings (SSSR count). The van der Waals surface area contributed by atoms with Crippen molar-refractivity contribution in [1.82, 2.24) is 14.8 Å². The van der Waals surface area contributed by atoms with Crippen molar-refractivity contribution >= 4 is 39.3 Å². The summed E-state index contributed by atoms with van der Waals surface area (Å²) in [7, 11) is 0. The summed E-state index contributed by atoms with van der Waals surface area (Å²) in [5, 5.41) is 12.3. The molecule has 1 amide bonds.